The van der Waals surface area contributed by atoms with E-state index in [1.165, 1.54) is 18.9 Å². The number of thioether (sulfide) groups is 1. The Labute approximate surface area is 198 Å². The first-order chi connectivity index (χ1) is 15.8. The number of hydrogen-bond donors (Lipinski definition) is 2. The molecule has 0 aliphatic carbocycles. The van der Waals surface area contributed by atoms with Crippen LogP contribution in [0.25, 0.3) is 0 Å². The van der Waals surface area contributed by atoms with Crippen molar-refractivity contribution in [2.75, 3.05) is 20.0 Å². The van der Waals surface area contributed by atoms with Crippen LogP contribution >= 0.6 is 11.8 Å². The van der Waals surface area contributed by atoms with Crippen LogP contribution in [0, 0.1) is 0 Å². The van der Waals surface area contributed by atoms with Crippen molar-refractivity contribution in [2.24, 2.45) is 4.99 Å². The first kappa shape index (κ1) is 23.4. The standard InChI is InChI=1S/C25H29N3O4S/c1-16(2)27(19-9-7-6-8-10-19)25(30)15-33-24-26-17(3)21(23(29)32-5)22(28(24)25)18-11-13-20(31-4)14-12-18/h6-14,16,22,30H,15H2,1-5H3/p+1. The maximum absolute atomic E-state index is 13.0. The Hall–Kier alpha value is -2.81. The second kappa shape index (κ2) is 9.21. The van der Waals surface area contributed by atoms with Gasteiger partial charge in [-0.25, -0.2) is 9.79 Å². The van der Waals surface area contributed by atoms with Gasteiger partial charge in [-0.1, -0.05) is 42.1 Å². The summed E-state index contributed by atoms with van der Waals surface area (Å²) in [5.41, 5.74) is 2.83. The van der Waals surface area contributed by atoms with Crippen molar-refractivity contribution in [1.29, 1.82) is 0 Å². The maximum Gasteiger partial charge on any atom is 0.338 e. The van der Waals surface area contributed by atoms with E-state index in [-0.39, 0.29) is 6.04 Å². The Morgan fingerprint density at radius 2 is 1.85 bits per heavy atom. The van der Waals surface area contributed by atoms with Gasteiger partial charge in [0.05, 0.1) is 37.6 Å². The Kier molecular flexibility index (Phi) is 6.52. The average molecular weight is 469 g/mol. The minimum absolute atomic E-state index is 0.0578. The maximum atomic E-state index is 13.0. The van der Waals surface area contributed by atoms with Crippen LogP contribution in [-0.4, -0.2) is 53.0 Å². The molecule has 4 rings (SSSR count). The Balaban J connectivity index is 1.90. The van der Waals surface area contributed by atoms with E-state index in [1.807, 2.05) is 66.4 Å². The highest BCUT2D eigenvalue weighted by Crippen LogP contribution is 2.45. The largest absolute Gasteiger partial charge is 0.497 e. The number of methoxy groups -OCH3 is 2. The van der Waals surface area contributed by atoms with Crippen molar-refractivity contribution in [3.05, 3.63) is 71.4 Å². The first-order valence-corrected chi connectivity index (χ1v) is 11.9. The van der Waals surface area contributed by atoms with Crippen molar-refractivity contribution in [3.63, 3.8) is 0 Å². The van der Waals surface area contributed by atoms with Gasteiger partial charge >= 0.3 is 5.97 Å². The highest BCUT2D eigenvalue weighted by Gasteiger charge is 2.59. The number of nitrogens with zero attached hydrogens (tertiary/aromatic N) is 2. The van der Waals surface area contributed by atoms with Gasteiger partial charge in [0.15, 0.2) is 5.17 Å². The van der Waals surface area contributed by atoms with E-state index in [2.05, 4.69) is 13.8 Å². The van der Waals surface area contributed by atoms with Gasteiger partial charge < -0.3 is 14.6 Å². The minimum atomic E-state index is -1.34. The SMILES string of the molecule is COC(=O)C1=C(C)N=C2SCC(O)([NH+](c3ccccc3)C(C)C)N2C1c1ccc(OC)cc1. The normalized spacial score (nSPS) is 23.3. The molecule has 33 heavy (non-hydrogen) atoms. The smallest absolute Gasteiger partial charge is 0.338 e. The molecule has 2 aliphatic heterocycles. The molecule has 0 bridgehead atoms. The van der Waals surface area contributed by atoms with Crippen molar-refractivity contribution in [2.45, 2.75) is 38.7 Å². The van der Waals surface area contributed by atoms with Gasteiger partial charge in [0.1, 0.15) is 17.2 Å². The monoisotopic (exact) mass is 468 g/mol. The molecule has 7 nitrogen and oxygen atoms in total. The zero-order valence-corrected chi connectivity index (χ0v) is 20.3. The predicted molar refractivity (Wildman–Crippen MR) is 129 cm³/mol. The lowest BCUT2D eigenvalue weighted by atomic mass is 9.93. The highest BCUT2D eigenvalue weighted by molar-refractivity contribution is 8.14. The molecule has 1 saturated heterocycles. The minimum Gasteiger partial charge on any atom is -0.497 e. The number of aliphatic hydroxyl groups is 1. The second-order valence-electron chi connectivity index (χ2n) is 8.47. The molecule has 0 spiro atoms. The second-order valence-corrected chi connectivity index (χ2v) is 9.41. The van der Waals surface area contributed by atoms with E-state index in [0.717, 1.165) is 16.2 Å². The molecule has 2 aromatic rings. The zero-order chi connectivity index (χ0) is 23.8. The van der Waals surface area contributed by atoms with Gasteiger partial charge in [0, 0.05) is 0 Å². The third-order valence-electron chi connectivity index (χ3n) is 6.12. The number of rotatable bonds is 6. The van der Waals surface area contributed by atoms with E-state index in [9.17, 15) is 9.90 Å². The lowest BCUT2D eigenvalue weighted by Crippen LogP contribution is -3.21. The molecular weight excluding hydrogens is 438 g/mol. The van der Waals surface area contributed by atoms with Crippen molar-refractivity contribution < 1.29 is 24.3 Å². The number of aliphatic imine (C=N–C) groups is 1. The van der Waals surface area contributed by atoms with Crippen LogP contribution in [0.1, 0.15) is 32.4 Å². The molecule has 1 fully saturated rings. The van der Waals surface area contributed by atoms with Crippen LogP contribution in [0.2, 0.25) is 0 Å². The summed E-state index contributed by atoms with van der Waals surface area (Å²) in [4.78, 5) is 20.5. The van der Waals surface area contributed by atoms with Gasteiger partial charge in [-0.3, -0.25) is 9.80 Å². The lowest BCUT2D eigenvalue weighted by molar-refractivity contribution is -0.950. The Bertz CT molecular complexity index is 1080. The van der Waals surface area contributed by atoms with Crippen molar-refractivity contribution in [1.82, 2.24) is 4.90 Å². The van der Waals surface area contributed by atoms with Crippen LogP contribution in [0.5, 0.6) is 5.75 Å². The fraction of sp³-hybridized carbons (Fsp3) is 0.360. The highest BCUT2D eigenvalue weighted by atomic mass is 32.2. The molecule has 0 radical (unpaired) electrons. The average Bonchev–Trinajstić information content (AvgIpc) is 3.14. The van der Waals surface area contributed by atoms with Crippen LogP contribution in [0.3, 0.4) is 0 Å². The molecular formula is C25H30N3O4S+. The molecule has 2 N–H and O–H groups in total. The van der Waals surface area contributed by atoms with Crippen LogP contribution in [0.4, 0.5) is 5.69 Å². The summed E-state index contributed by atoms with van der Waals surface area (Å²) in [5, 5.41) is 13.0. The zero-order valence-electron chi connectivity index (χ0n) is 19.5. The predicted octanol–water partition coefficient (Wildman–Crippen LogP) is 2.87. The molecule has 0 saturated carbocycles. The van der Waals surface area contributed by atoms with Gasteiger partial charge in [-0.2, -0.15) is 0 Å². The van der Waals surface area contributed by atoms with Crippen molar-refractivity contribution in [3.8, 4) is 5.75 Å². The molecule has 3 atom stereocenters. The molecule has 2 aromatic carbocycles. The Morgan fingerprint density at radius 1 is 1.18 bits per heavy atom. The fourth-order valence-corrected chi connectivity index (χ4v) is 5.95. The molecule has 2 aliphatic rings. The number of esters is 1. The van der Waals surface area contributed by atoms with E-state index in [4.69, 9.17) is 14.5 Å². The number of nitrogens with one attached hydrogen (secondary N) is 1. The van der Waals surface area contributed by atoms with Crippen LogP contribution < -0.4 is 9.64 Å². The van der Waals surface area contributed by atoms with Gasteiger partial charge in [-0.05, 0) is 50.6 Å². The topological polar surface area (TPSA) is 75.8 Å². The van der Waals surface area contributed by atoms with Crippen LogP contribution in [-0.2, 0) is 9.53 Å². The summed E-state index contributed by atoms with van der Waals surface area (Å²) in [5.74, 6) is -0.679. The van der Waals surface area contributed by atoms with Crippen LogP contribution in [0.15, 0.2) is 70.9 Å². The quantitative estimate of drug-likeness (QED) is 0.502. The van der Waals surface area contributed by atoms with Crippen molar-refractivity contribution >= 4 is 28.6 Å². The van der Waals surface area contributed by atoms with E-state index < -0.39 is 17.9 Å². The summed E-state index contributed by atoms with van der Waals surface area (Å²) in [7, 11) is 2.98. The number of carbonyl (C=O) groups excluding carboxylic acids is 1. The number of ether oxygens (including phenoxy) is 2. The number of hydrogen-bond acceptors (Lipinski definition) is 7. The summed E-state index contributed by atoms with van der Waals surface area (Å²) in [6, 6.07) is 17.0. The molecule has 0 amide bonds. The van der Waals surface area contributed by atoms with E-state index >= 15 is 0 Å². The fourth-order valence-electron chi connectivity index (χ4n) is 4.73. The summed E-state index contributed by atoms with van der Waals surface area (Å²) in [6.07, 6.45) is 0. The third kappa shape index (κ3) is 4.03. The summed E-state index contributed by atoms with van der Waals surface area (Å²) < 4.78 is 10.5. The van der Waals surface area contributed by atoms with E-state index in [1.54, 1.807) is 7.11 Å². The molecule has 2 heterocycles. The number of quaternary nitrogens is 1. The number of para-hydroxylation sites is 1. The number of carbonyl (C=O) groups is 1. The number of benzene rings is 2. The third-order valence-corrected chi connectivity index (χ3v) is 7.22. The molecule has 8 heteroatoms. The van der Waals surface area contributed by atoms with E-state index in [0.29, 0.717) is 27.9 Å². The molecule has 0 aromatic heterocycles. The Morgan fingerprint density at radius 3 is 2.42 bits per heavy atom. The number of amidine groups is 1. The lowest BCUT2D eigenvalue weighted by Gasteiger charge is -2.45. The van der Waals surface area contributed by atoms with Gasteiger partial charge in [0.2, 0.25) is 0 Å². The van der Waals surface area contributed by atoms with Gasteiger partial charge in [-0.15, -0.1) is 0 Å². The summed E-state index contributed by atoms with van der Waals surface area (Å²) in [6.45, 7) is 5.97. The molecule has 174 valence electrons. The first-order valence-electron chi connectivity index (χ1n) is 10.9. The van der Waals surface area contributed by atoms with Gasteiger partial charge in [0.25, 0.3) is 5.85 Å². The number of allylic oxidation sites excluding steroid dienone is 1. The summed E-state index contributed by atoms with van der Waals surface area (Å²) >= 11 is 1.50. The molecule has 3 unspecified atom stereocenters. The number of fused-ring (bicyclic) bond motifs is 1.